The van der Waals surface area contributed by atoms with Gasteiger partial charge in [-0.1, -0.05) is 11.6 Å². The van der Waals surface area contributed by atoms with Crippen molar-refractivity contribution >= 4 is 27.3 Å². The SMILES string of the molecule is CC1OCCC1N(C)S(=O)(=O)c1ccc(Cl)cc1N. The van der Waals surface area contributed by atoms with Crippen LogP contribution in [0, 0.1) is 0 Å². The summed E-state index contributed by atoms with van der Waals surface area (Å²) in [6.07, 6.45) is 0.568. The average Bonchev–Trinajstić information content (AvgIpc) is 2.73. The first-order valence-corrected chi connectivity index (χ1v) is 7.80. The van der Waals surface area contributed by atoms with Gasteiger partial charge in [-0.05, 0) is 31.5 Å². The molecule has 1 aromatic carbocycles. The minimum atomic E-state index is -3.63. The molecule has 2 atom stereocenters. The van der Waals surface area contributed by atoms with Gasteiger partial charge in [0.15, 0.2) is 0 Å². The molecule has 1 fully saturated rings. The number of anilines is 1. The van der Waals surface area contributed by atoms with Crippen molar-refractivity contribution in [1.29, 1.82) is 0 Å². The maximum Gasteiger partial charge on any atom is 0.245 e. The molecule has 1 aliphatic rings. The summed E-state index contributed by atoms with van der Waals surface area (Å²) in [4.78, 5) is 0.0819. The molecule has 2 rings (SSSR count). The smallest absolute Gasteiger partial charge is 0.245 e. The lowest BCUT2D eigenvalue weighted by atomic mass is 10.2. The topological polar surface area (TPSA) is 72.6 Å². The third kappa shape index (κ3) is 2.72. The number of benzene rings is 1. The van der Waals surface area contributed by atoms with E-state index in [1.165, 1.54) is 22.5 Å². The van der Waals surface area contributed by atoms with Gasteiger partial charge in [-0.25, -0.2) is 8.42 Å². The van der Waals surface area contributed by atoms with Crippen LogP contribution in [0.2, 0.25) is 5.02 Å². The van der Waals surface area contributed by atoms with E-state index in [0.717, 1.165) is 0 Å². The molecule has 7 heteroatoms. The van der Waals surface area contributed by atoms with Crippen molar-refractivity contribution in [2.45, 2.75) is 30.4 Å². The van der Waals surface area contributed by atoms with Gasteiger partial charge in [0.1, 0.15) is 4.90 Å². The number of halogens is 1. The van der Waals surface area contributed by atoms with Crippen molar-refractivity contribution in [2.24, 2.45) is 0 Å². The van der Waals surface area contributed by atoms with Crippen molar-refractivity contribution in [2.75, 3.05) is 19.4 Å². The summed E-state index contributed by atoms with van der Waals surface area (Å²) in [6, 6.07) is 4.23. The highest BCUT2D eigenvalue weighted by atomic mass is 35.5. The summed E-state index contributed by atoms with van der Waals surface area (Å²) in [7, 11) is -2.08. The number of hydrogen-bond donors (Lipinski definition) is 1. The molecule has 2 N–H and O–H groups in total. The molecule has 0 aliphatic carbocycles. The van der Waals surface area contributed by atoms with E-state index in [1.807, 2.05) is 6.92 Å². The van der Waals surface area contributed by atoms with E-state index >= 15 is 0 Å². The zero-order valence-electron chi connectivity index (χ0n) is 10.8. The molecule has 1 heterocycles. The summed E-state index contributed by atoms with van der Waals surface area (Å²) < 4.78 is 31.8. The summed E-state index contributed by atoms with van der Waals surface area (Å²) in [5.41, 5.74) is 5.92. The van der Waals surface area contributed by atoms with Gasteiger partial charge in [-0.3, -0.25) is 0 Å². The van der Waals surface area contributed by atoms with Crippen LogP contribution in [0.5, 0.6) is 0 Å². The van der Waals surface area contributed by atoms with Crippen molar-refractivity contribution in [3.05, 3.63) is 23.2 Å². The molecule has 1 aromatic rings. The first kappa shape index (κ1) is 14.6. The largest absolute Gasteiger partial charge is 0.398 e. The van der Waals surface area contributed by atoms with Crippen LogP contribution in [0.1, 0.15) is 13.3 Å². The molecular formula is C12H17ClN2O3S. The number of ether oxygens (including phenoxy) is 1. The molecule has 0 saturated carbocycles. The van der Waals surface area contributed by atoms with Crippen LogP contribution in [0.3, 0.4) is 0 Å². The molecule has 1 aliphatic heterocycles. The predicted octanol–water partition coefficient (Wildman–Crippen LogP) is 1.72. The molecule has 0 aromatic heterocycles. The fourth-order valence-electron chi connectivity index (χ4n) is 2.29. The predicted molar refractivity (Wildman–Crippen MR) is 74.6 cm³/mol. The third-order valence-electron chi connectivity index (χ3n) is 3.43. The quantitative estimate of drug-likeness (QED) is 0.863. The second-order valence-electron chi connectivity index (χ2n) is 4.64. The number of hydrogen-bond acceptors (Lipinski definition) is 4. The van der Waals surface area contributed by atoms with E-state index in [9.17, 15) is 8.42 Å². The highest BCUT2D eigenvalue weighted by Gasteiger charge is 2.36. The first-order valence-electron chi connectivity index (χ1n) is 5.98. The minimum absolute atomic E-state index is 0.0819. The standard InChI is InChI=1S/C12H17ClN2O3S/c1-8-11(5-6-18-8)15(2)19(16,17)12-4-3-9(13)7-10(12)14/h3-4,7-8,11H,5-6,14H2,1-2H3. The van der Waals surface area contributed by atoms with Gasteiger partial charge in [0.25, 0.3) is 0 Å². The Labute approximate surface area is 118 Å². The average molecular weight is 305 g/mol. The van der Waals surface area contributed by atoms with Gasteiger partial charge >= 0.3 is 0 Å². The van der Waals surface area contributed by atoms with Gasteiger partial charge < -0.3 is 10.5 Å². The van der Waals surface area contributed by atoms with Gasteiger partial charge in [0.2, 0.25) is 10.0 Å². The third-order valence-corrected chi connectivity index (χ3v) is 5.62. The van der Waals surface area contributed by atoms with Crippen LogP contribution in [0.25, 0.3) is 0 Å². The Bertz CT molecular complexity index is 576. The van der Waals surface area contributed by atoms with E-state index in [-0.39, 0.29) is 22.7 Å². The lowest BCUT2D eigenvalue weighted by molar-refractivity contribution is 0.102. The summed E-state index contributed by atoms with van der Waals surface area (Å²) in [5.74, 6) is 0. The Morgan fingerprint density at radius 2 is 2.16 bits per heavy atom. The molecule has 19 heavy (non-hydrogen) atoms. The number of nitrogens with two attached hydrogens (primary N) is 1. The van der Waals surface area contributed by atoms with E-state index in [0.29, 0.717) is 18.1 Å². The summed E-state index contributed by atoms with van der Waals surface area (Å²) in [6.45, 7) is 2.44. The second-order valence-corrected chi connectivity index (χ2v) is 7.04. The maximum absolute atomic E-state index is 12.5. The summed E-state index contributed by atoms with van der Waals surface area (Å²) >= 11 is 5.79. The Hall–Kier alpha value is -0.820. The number of nitrogen functional groups attached to an aromatic ring is 1. The molecule has 2 unspecified atom stereocenters. The lowest BCUT2D eigenvalue weighted by Crippen LogP contribution is -2.41. The van der Waals surface area contributed by atoms with Crippen LogP contribution >= 0.6 is 11.6 Å². The first-order chi connectivity index (χ1) is 8.84. The van der Waals surface area contributed by atoms with Crippen molar-refractivity contribution in [1.82, 2.24) is 4.31 Å². The second kappa shape index (κ2) is 5.28. The normalized spacial score (nSPS) is 24.0. The number of nitrogens with zero attached hydrogens (tertiary/aromatic N) is 1. The molecule has 1 saturated heterocycles. The van der Waals surface area contributed by atoms with Gasteiger partial charge in [0, 0.05) is 18.7 Å². The van der Waals surface area contributed by atoms with Crippen molar-refractivity contribution < 1.29 is 13.2 Å². The Kier molecular flexibility index (Phi) is 4.06. The Morgan fingerprint density at radius 1 is 1.47 bits per heavy atom. The zero-order chi connectivity index (χ0) is 14.2. The fraction of sp³-hybridized carbons (Fsp3) is 0.500. The van der Waals surface area contributed by atoms with Crippen molar-refractivity contribution in [3.63, 3.8) is 0 Å². The molecule has 5 nitrogen and oxygen atoms in total. The van der Waals surface area contributed by atoms with Crippen LogP contribution in [0.15, 0.2) is 23.1 Å². The lowest BCUT2D eigenvalue weighted by Gasteiger charge is -2.26. The van der Waals surface area contributed by atoms with Crippen LogP contribution < -0.4 is 5.73 Å². The monoisotopic (exact) mass is 304 g/mol. The van der Waals surface area contributed by atoms with E-state index in [4.69, 9.17) is 22.1 Å². The van der Waals surface area contributed by atoms with Crippen LogP contribution in [-0.4, -0.2) is 38.5 Å². The van der Waals surface area contributed by atoms with Gasteiger partial charge in [-0.15, -0.1) is 0 Å². The number of likely N-dealkylation sites (N-methyl/N-ethyl adjacent to an activating group) is 1. The van der Waals surface area contributed by atoms with Crippen LogP contribution in [-0.2, 0) is 14.8 Å². The Balaban J connectivity index is 2.36. The summed E-state index contributed by atoms with van der Waals surface area (Å²) in [5, 5.41) is 0.414. The molecule has 0 amide bonds. The fourth-order valence-corrected chi connectivity index (χ4v) is 4.01. The zero-order valence-corrected chi connectivity index (χ0v) is 12.4. The Morgan fingerprint density at radius 3 is 2.68 bits per heavy atom. The molecule has 0 radical (unpaired) electrons. The van der Waals surface area contributed by atoms with E-state index in [1.54, 1.807) is 7.05 Å². The molecular weight excluding hydrogens is 288 g/mol. The maximum atomic E-state index is 12.5. The van der Waals surface area contributed by atoms with Crippen molar-refractivity contribution in [3.8, 4) is 0 Å². The highest BCUT2D eigenvalue weighted by Crippen LogP contribution is 2.29. The van der Waals surface area contributed by atoms with Gasteiger partial charge in [0.05, 0.1) is 17.8 Å². The van der Waals surface area contributed by atoms with Crippen LogP contribution in [0.4, 0.5) is 5.69 Å². The number of sulfonamides is 1. The molecule has 0 bridgehead atoms. The van der Waals surface area contributed by atoms with E-state index < -0.39 is 10.0 Å². The van der Waals surface area contributed by atoms with E-state index in [2.05, 4.69) is 0 Å². The number of rotatable bonds is 3. The molecule has 106 valence electrons. The van der Waals surface area contributed by atoms with Gasteiger partial charge in [-0.2, -0.15) is 4.31 Å². The molecule has 0 spiro atoms. The minimum Gasteiger partial charge on any atom is -0.398 e. The highest BCUT2D eigenvalue weighted by molar-refractivity contribution is 7.89.